The summed E-state index contributed by atoms with van der Waals surface area (Å²) in [5, 5.41) is 10.3. The normalized spacial score (nSPS) is 26.9. The van der Waals surface area contributed by atoms with Crippen LogP contribution in [0, 0.1) is 17.7 Å². The molecule has 2 saturated heterocycles. The van der Waals surface area contributed by atoms with Gasteiger partial charge in [-0.1, -0.05) is 17.7 Å². The van der Waals surface area contributed by atoms with E-state index < -0.39 is 0 Å². The summed E-state index contributed by atoms with van der Waals surface area (Å²) < 4.78 is 14.1. The molecule has 0 saturated carbocycles. The molecule has 25 heavy (non-hydrogen) atoms. The summed E-state index contributed by atoms with van der Waals surface area (Å²) >= 11 is 6.17. The van der Waals surface area contributed by atoms with Crippen molar-refractivity contribution in [2.24, 2.45) is 11.8 Å². The van der Waals surface area contributed by atoms with E-state index in [-0.39, 0.29) is 18.3 Å². The second-order valence-corrected chi connectivity index (χ2v) is 7.96. The number of aliphatic hydroxyl groups is 1. The summed E-state index contributed by atoms with van der Waals surface area (Å²) in [5.41, 5.74) is 0.568. The minimum Gasteiger partial charge on any atom is -0.396 e. The van der Waals surface area contributed by atoms with E-state index in [1.165, 1.54) is 12.5 Å². The van der Waals surface area contributed by atoms with Crippen LogP contribution < -0.4 is 0 Å². The van der Waals surface area contributed by atoms with E-state index in [0.29, 0.717) is 23.0 Å². The number of nitrogens with zero attached hydrogens (tertiary/aromatic N) is 3. The Morgan fingerprint density at radius 1 is 1.12 bits per heavy atom. The number of hydrogen-bond donors (Lipinski definition) is 1. The zero-order chi connectivity index (χ0) is 17.8. The van der Waals surface area contributed by atoms with E-state index in [2.05, 4.69) is 21.7 Å². The lowest BCUT2D eigenvalue weighted by Gasteiger charge is -2.26. The molecular weight excluding hydrogens is 341 g/mol. The second kappa shape index (κ2) is 8.78. The lowest BCUT2D eigenvalue weighted by molar-refractivity contribution is 0.165. The molecule has 2 fully saturated rings. The molecule has 1 aromatic rings. The van der Waals surface area contributed by atoms with Crippen LogP contribution in [0.1, 0.15) is 12.0 Å². The third-order valence-electron chi connectivity index (χ3n) is 5.63. The summed E-state index contributed by atoms with van der Waals surface area (Å²) in [5.74, 6) is 0.442. The third-order valence-corrected chi connectivity index (χ3v) is 5.99. The lowest BCUT2D eigenvalue weighted by atomic mass is 9.96. The van der Waals surface area contributed by atoms with E-state index >= 15 is 0 Å². The van der Waals surface area contributed by atoms with Crippen molar-refractivity contribution in [2.45, 2.75) is 13.0 Å². The number of benzene rings is 1. The first-order valence-electron chi connectivity index (χ1n) is 9.24. The Morgan fingerprint density at radius 2 is 1.92 bits per heavy atom. The van der Waals surface area contributed by atoms with Crippen LogP contribution in [0.15, 0.2) is 18.2 Å². The first-order chi connectivity index (χ1) is 12.1. The number of halogens is 2. The van der Waals surface area contributed by atoms with E-state index in [1.807, 2.05) is 0 Å². The highest BCUT2D eigenvalue weighted by atomic mass is 35.5. The van der Waals surface area contributed by atoms with Gasteiger partial charge in [0.2, 0.25) is 0 Å². The van der Waals surface area contributed by atoms with Crippen molar-refractivity contribution in [2.75, 3.05) is 59.5 Å². The lowest BCUT2D eigenvalue weighted by Crippen LogP contribution is -2.36. The largest absolute Gasteiger partial charge is 0.396 e. The van der Waals surface area contributed by atoms with E-state index in [9.17, 15) is 9.50 Å². The van der Waals surface area contributed by atoms with Crippen LogP contribution in [0.4, 0.5) is 4.39 Å². The first-order valence-corrected chi connectivity index (χ1v) is 9.61. The van der Waals surface area contributed by atoms with E-state index in [0.717, 1.165) is 45.8 Å². The molecular formula is C19H29ClFN3O. The highest BCUT2D eigenvalue weighted by molar-refractivity contribution is 6.31. The SMILES string of the molecule is CN1CCCN(C[C@@H]2CN(Cc3c(F)cccc3Cl)C[C@@H]2CO)CC1. The fourth-order valence-corrected chi connectivity index (χ4v) is 4.32. The van der Waals surface area contributed by atoms with Gasteiger partial charge in [-0.05, 0) is 50.5 Å². The first kappa shape index (κ1) is 19.1. The van der Waals surface area contributed by atoms with Crippen LogP contribution >= 0.6 is 11.6 Å². The third kappa shape index (κ3) is 4.92. The quantitative estimate of drug-likeness (QED) is 0.861. The van der Waals surface area contributed by atoms with Crippen molar-refractivity contribution >= 4 is 11.6 Å². The van der Waals surface area contributed by atoms with Crippen molar-refractivity contribution in [3.8, 4) is 0 Å². The average Bonchev–Trinajstić information content (AvgIpc) is 2.85. The summed E-state index contributed by atoms with van der Waals surface area (Å²) in [6.07, 6.45) is 1.20. The molecule has 1 aromatic carbocycles. The van der Waals surface area contributed by atoms with Gasteiger partial charge in [-0.25, -0.2) is 4.39 Å². The monoisotopic (exact) mass is 369 g/mol. The molecule has 0 radical (unpaired) electrons. The van der Waals surface area contributed by atoms with Gasteiger partial charge in [0.1, 0.15) is 5.82 Å². The second-order valence-electron chi connectivity index (χ2n) is 7.55. The highest BCUT2D eigenvalue weighted by Crippen LogP contribution is 2.28. The Labute approximate surface area is 155 Å². The molecule has 2 aliphatic rings. The molecule has 0 aliphatic carbocycles. The van der Waals surface area contributed by atoms with E-state index in [4.69, 9.17) is 11.6 Å². The van der Waals surface area contributed by atoms with Crippen LogP contribution in [-0.4, -0.2) is 79.3 Å². The van der Waals surface area contributed by atoms with Gasteiger partial charge in [-0.3, -0.25) is 4.90 Å². The highest BCUT2D eigenvalue weighted by Gasteiger charge is 2.34. The average molecular weight is 370 g/mol. The Bertz CT molecular complexity index is 553. The van der Waals surface area contributed by atoms with Crippen LogP contribution in [0.3, 0.4) is 0 Å². The fourth-order valence-electron chi connectivity index (χ4n) is 4.10. The van der Waals surface area contributed by atoms with Gasteiger partial charge in [0.15, 0.2) is 0 Å². The van der Waals surface area contributed by atoms with Gasteiger partial charge < -0.3 is 14.9 Å². The molecule has 0 unspecified atom stereocenters. The molecule has 0 spiro atoms. The molecule has 6 heteroatoms. The Hall–Kier alpha value is -0.720. The van der Waals surface area contributed by atoms with Crippen LogP contribution in [-0.2, 0) is 6.54 Å². The van der Waals surface area contributed by atoms with Crippen molar-refractivity contribution in [1.82, 2.24) is 14.7 Å². The smallest absolute Gasteiger partial charge is 0.129 e. The number of likely N-dealkylation sites (tertiary alicyclic amines) is 1. The standard InChI is InChI=1S/C19H29ClFN3O/c1-22-6-3-7-23(9-8-22)10-15-11-24(12-16(15)14-25)13-17-18(20)4-2-5-19(17)21/h2,4-5,15-16,25H,3,6-14H2,1H3/t15-,16-/m1/s1. The molecule has 140 valence electrons. The molecule has 2 heterocycles. The zero-order valence-electron chi connectivity index (χ0n) is 15.0. The summed E-state index contributed by atoms with van der Waals surface area (Å²) in [6.45, 7) is 7.89. The minimum absolute atomic E-state index is 0.194. The van der Waals surface area contributed by atoms with Gasteiger partial charge in [0.05, 0.1) is 0 Å². The maximum absolute atomic E-state index is 14.1. The van der Waals surface area contributed by atoms with Crippen LogP contribution in [0.25, 0.3) is 0 Å². The summed E-state index contributed by atoms with van der Waals surface area (Å²) in [4.78, 5) is 7.14. The summed E-state index contributed by atoms with van der Waals surface area (Å²) in [6, 6.07) is 4.84. The van der Waals surface area contributed by atoms with Crippen molar-refractivity contribution in [3.05, 3.63) is 34.6 Å². The predicted molar refractivity (Wildman–Crippen MR) is 99.3 cm³/mol. The predicted octanol–water partition coefficient (Wildman–Crippen LogP) is 2.16. The number of hydrogen-bond acceptors (Lipinski definition) is 4. The molecule has 4 nitrogen and oxygen atoms in total. The van der Waals surface area contributed by atoms with Gasteiger partial charge >= 0.3 is 0 Å². The fraction of sp³-hybridized carbons (Fsp3) is 0.684. The van der Waals surface area contributed by atoms with Gasteiger partial charge in [0, 0.05) is 56.5 Å². The van der Waals surface area contributed by atoms with Crippen LogP contribution in [0.5, 0.6) is 0 Å². The number of likely N-dealkylation sites (N-methyl/N-ethyl adjacent to an activating group) is 1. The Balaban J connectivity index is 1.60. The molecule has 0 aromatic heterocycles. The maximum atomic E-state index is 14.1. The van der Waals surface area contributed by atoms with Crippen molar-refractivity contribution < 1.29 is 9.50 Å². The minimum atomic E-state index is -0.243. The molecule has 0 amide bonds. The zero-order valence-corrected chi connectivity index (χ0v) is 15.8. The topological polar surface area (TPSA) is 30.0 Å². The van der Waals surface area contributed by atoms with Gasteiger partial charge in [-0.15, -0.1) is 0 Å². The van der Waals surface area contributed by atoms with Gasteiger partial charge in [0.25, 0.3) is 0 Å². The maximum Gasteiger partial charge on any atom is 0.129 e. The molecule has 1 N–H and O–H groups in total. The Morgan fingerprint density at radius 3 is 2.68 bits per heavy atom. The van der Waals surface area contributed by atoms with Crippen LogP contribution in [0.2, 0.25) is 5.02 Å². The Kier molecular flexibility index (Phi) is 6.69. The van der Waals surface area contributed by atoms with Crippen molar-refractivity contribution in [1.29, 1.82) is 0 Å². The van der Waals surface area contributed by atoms with Gasteiger partial charge in [-0.2, -0.15) is 0 Å². The molecule has 2 atom stereocenters. The molecule has 0 bridgehead atoms. The molecule has 3 rings (SSSR count). The number of rotatable bonds is 5. The summed E-state index contributed by atoms with van der Waals surface area (Å²) in [7, 11) is 2.18. The van der Waals surface area contributed by atoms with E-state index in [1.54, 1.807) is 12.1 Å². The number of aliphatic hydroxyl groups excluding tert-OH is 1. The molecule has 2 aliphatic heterocycles. The van der Waals surface area contributed by atoms with Crippen molar-refractivity contribution in [3.63, 3.8) is 0 Å².